The molecule has 5 aromatic rings. The first-order valence-electron chi connectivity index (χ1n) is 12.4. The van der Waals surface area contributed by atoms with E-state index in [4.69, 9.17) is 0 Å². The van der Waals surface area contributed by atoms with Gasteiger partial charge < -0.3 is 5.32 Å². The highest BCUT2D eigenvalue weighted by molar-refractivity contribution is 6.03. The number of rotatable bonds is 6. The van der Waals surface area contributed by atoms with Crippen LogP contribution in [-0.2, 0) is 18.9 Å². The summed E-state index contributed by atoms with van der Waals surface area (Å²) in [6, 6.07) is 13.8. The summed E-state index contributed by atoms with van der Waals surface area (Å²) in [5.74, 6) is -0.570. The van der Waals surface area contributed by atoms with Gasteiger partial charge in [0.05, 0.1) is 29.7 Å². The fourth-order valence-electron chi connectivity index (χ4n) is 4.22. The highest BCUT2D eigenvalue weighted by Gasteiger charge is 2.36. The Balaban J connectivity index is 1.39. The number of halogens is 6. The maximum atomic E-state index is 14.0. The first kappa shape index (κ1) is 27.9. The molecule has 3 heterocycles. The van der Waals surface area contributed by atoms with Crippen molar-refractivity contribution < 1.29 is 31.1 Å². The molecule has 0 aliphatic carbocycles. The van der Waals surface area contributed by atoms with Crippen LogP contribution in [0.1, 0.15) is 52.6 Å². The Kier molecular flexibility index (Phi) is 7.05. The van der Waals surface area contributed by atoms with E-state index in [1.54, 1.807) is 12.1 Å². The lowest BCUT2D eigenvalue weighted by atomic mass is 10.0. The molecule has 0 spiro atoms. The molecule has 0 radical (unpaired) electrons. The summed E-state index contributed by atoms with van der Waals surface area (Å²) >= 11 is 0. The fraction of sp³-hybridized carbons (Fsp3) is 0.214. The van der Waals surface area contributed by atoms with Gasteiger partial charge in [-0.15, -0.1) is 0 Å². The Bertz CT molecular complexity index is 1720. The van der Waals surface area contributed by atoms with Crippen LogP contribution in [0, 0.1) is 0 Å². The Labute approximate surface area is 229 Å². The second kappa shape index (κ2) is 10.4. The lowest BCUT2D eigenvalue weighted by Crippen LogP contribution is -2.15. The highest BCUT2D eigenvalue weighted by Crippen LogP contribution is 2.33. The quantitative estimate of drug-likeness (QED) is 0.221. The summed E-state index contributed by atoms with van der Waals surface area (Å²) < 4.78 is 82.7. The minimum absolute atomic E-state index is 0.00601. The monoisotopic (exact) mass is 572 g/mol. The zero-order valence-corrected chi connectivity index (χ0v) is 21.6. The lowest BCUT2D eigenvalue weighted by Gasteiger charge is -2.11. The van der Waals surface area contributed by atoms with E-state index in [1.165, 1.54) is 29.2 Å². The molecule has 0 aliphatic rings. The Morgan fingerprint density at radius 2 is 1.68 bits per heavy atom. The number of benzene rings is 2. The Morgan fingerprint density at radius 3 is 2.34 bits per heavy atom. The minimum Gasteiger partial charge on any atom is -0.318 e. The summed E-state index contributed by atoms with van der Waals surface area (Å²) in [6.45, 7) is 4.00. The van der Waals surface area contributed by atoms with Crippen molar-refractivity contribution in [2.24, 2.45) is 0 Å². The molecule has 3 aromatic heterocycles. The SMILES string of the molecule is CC(C)c1ccc(-c2cc(C(F)(F)F)n3nc(C(=O)Nc4cnn(Cc5cccc(C(F)(F)F)c5)c4)cc3n2)cc1. The standard InChI is InChI=1S/C28H22F6N6O/c1-16(2)18-6-8-19(9-7-18)22-11-24(28(32,33)34)40-25(37-22)12-23(38-40)26(41)36-21-13-35-39(15-21)14-17-4-3-5-20(10-17)27(29,30)31/h3-13,15-16H,14H2,1-2H3,(H,36,41). The molecule has 13 heteroatoms. The van der Waals surface area contributed by atoms with Crippen molar-refractivity contribution in [1.29, 1.82) is 0 Å². The van der Waals surface area contributed by atoms with Gasteiger partial charge in [-0.05, 0) is 35.2 Å². The largest absolute Gasteiger partial charge is 0.433 e. The molecule has 212 valence electrons. The molecule has 0 saturated carbocycles. The summed E-state index contributed by atoms with van der Waals surface area (Å²) in [5, 5.41) is 10.4. The molecule has 1 N–H and O–H groups in total. The highest BCUT2D eigenvalue weighted by atomic mass is 19.4. The van der Waals surface area contributed by atoms with Gasteiger partial charge in [0.1, 0.15) is 0 Å². The second-order valence-corrected chi connectivity index (χ2v) is 9.68. The number of alkyl halides is 6. The number of nitrogens with one attached hydrogen (secondary N) is 1. The average molecular weight is 573 g/mol. The van der Waals surface area contributed by atoms with Gasteiger partial charge in [0.15, 0.2) is 17.0 Å². The lowest BCUT2D eigenvalue weighted by molar-refractivity contribution is -0.142. The fourth-order valence-corrected chi connectivity index (χ4v) is 4.22. The maximum Gasteiger partial charge on any atom is 0.433 e. The maximum absolute atomic E-state index is 14.0. The number of hydrogen-bond donors (Lipinski definition) is 1. The molecule has 41 heavy (non-hydrogen) atoms. The zero-order valence-electron chi connectivity index (χ0n) is 21.6. The van der Waals surface area contributed by atoms with Crippen molar-refractivity contribution in [3.63, 3.8) is 0 Å². The molecule has 0 saturated heterocycles. The number of fused-ring (bicyclic) bond motifs is 1. The summed E-state index contributed by atoms with van der Waals surface area (Å²) in [6.07, 6.45) is -6.63. The van der Waals surface area contributed by atoms with E-state index in [0.29, 0.717) is 15.6 Å². The van der Waals surface area contributed by atoms with E-state index >= 15 is 0 Å². The first-order chi connectivity index (χ1) is 19.3. The first-order valence-corrected chi connectivity index (χ1v) is 12.4. The topological polar surface area (TPSA) is 77.1 Å². The van der Waals surface area contributed by atoms with Gasteiger partial charge in [-0.2, -0.15) is 36.5 Å². The molecule has 7 nitrogen and oxygen atoms in total. The predicted molar refractivity (Wildman–Crippen MR) is 138 cm³/mol. The molecule has 5 rings (SSSR count). The van der Waals surface area contributed by atoms with Gasteiger partial charge in [-0.3, -0.25) is 9.48 Å². The van der Waals surface area contributed by atoms with Crippen LogP contribution in [0.3, 0.4) is 0 Å². The van der Waals surface area contributed by atoms with E-state index in [2.05, 4.69) is 20.5 Å². The number of carbonyl (C=O) groups is 1. The number of anilines is 1. The van der Waals surface area contributed by atoms with Gasteiger partial charge in [0.2, 0.25) is 0 Å². The van der Waals surface area contributed by atoms with Crippen molar-refractivity contribution >= 4 is 17.2 Å². The summed E-state index contributed by atoms with van der Waals surface area (Å²) in [7, 11) is 0. The van der Waals surface area contributed by atoms with E-state index in [9.17, 15) is 31.1 Å². The van der Waals surface area contributed by atoms with Crippen molar-refractivity contribution in [1.82, 2.24) is 24.4 Å². The van der Waals surface area contributed by atoms with Crippen LogP contribution in [0.2, 0.25) is 0 Å². The van der Waals surface area contributed by atoms with Crippen molar-refractivity contribution in [2.45, 2.75) is 38.7 Å². The van der Waals surface area contributed by atoms with Crippen LogP contribution < -0.4 is 5.32 Å². The molecule has 1 amide bonds. The number of amides is 1. The smallest absolute Gasteiger partial charge is 0.318 e. The van der Waals surface area contributed by atoms with Crippen molar-refractivity contribution in [3.8, 4) is 11.3 Å². The number of aromatic nitrogens is 5. The van der Waals surface area contributed by atoms with Gasteiger partial charge in [-0.1, -0.05) is 50.2 Å². The van der Waals surface area contributed by atoms with Gasteiger partial charge in [0, 0.05) is 17.8 Å². The number of hydrogen-bond acceptors (Lipinski definition) is 4. The van der Waals surface area contributed by atoms with Gasteiger partial charge in [0.25, 0.3) is 5.91 Å². The van der Waals surface area contributed by atoms with Crippen LogP contribution in [0.25, 0.3) is 16.9 Å². The third kappa shape index (κ3) is 6.08. The third-order valence-corrected chi connectivity index (χ3v) is 6.31. The molecule has 0 fully saturated rings. The molecular formula is C28H22F6N6O. The predicted octanol–water partition coefficient (Wildman–Crippen LogP) is 7.05. The molecule has 2 aromatic carbocycles. The van der Waals surface area contributed by atoms with Crippen molar-refractivity contribution in [3.05, 3.63) is 101 Å². The molecule has 0 aliphatic heterocycles. The van der Waals surface area contributed by atoms with Crippen molar-refractivity contribution in [2.75, 3.05) is 5.32 Å². The normalized spacial score (nSPS) is 12.3. The van der Waals surface area contributed by atoms with Crippen LogP contribution in [0.15, 0.2) is 73.1 Å². The van der Waals surface area contributed by atoms with Gasteiger partial charge in [-0.25, -0.2) is 9.50 Å². The van der Waals surface area contributed by atoms with Crippen LogP contribution >= 0.6 is 0 Å². The number of nitrogens with zero attached hydrogens (tertiary/aromatic N) is 5. The summed E-state index contributed by atoms with van der Waals surface area (Å²) in [5.41, 5.74) is -0.314. The van der Waals surface area contributed by atoms with Crippen LogP contribution in [0.5, 0.6) is 0 Å². The Morgan fingerprint density at radius 1 is 0.951 bits per heavy atom. The molecule has 0 bridgehead atoms. The van der Waals surface area contributed by atoms with Crippen LogP contribution in [0.4, 0.5) is 32.0 Å². The van der Waals surface area contributed by atoms with E-state index in [-0.39, 0.29) is 35.2 Å². The second-order valence-electron chi connectivity index (χ2n) is 9.68. The zero-order chi connectivity index (χ0) is 29.5. The molecule has 0 unspecified atom stereocenters. The minimum atomic E-state index is -4.78. The molecular weight excluding hydrogens is 550 g/mol. The molecule has 0 atom stereocenters. The van der Waals surface area contributed by atoms with E-state index in [0.717, 1.165) is 29.8 Å². The number of carbonyl (C=O) groups excluding carboxylic acids is 1. The summed E-state index contributed by atoms with van der Waals surface area (Å²) in [4.78, 5) is 17.2. The van der Waals surface area contributed by atoms with Crippen LogP contribution in [-0.4, -0.2) is 30.3 Å². The van der Waals surface area contributed by atoms with Gasteiger partial charge >= 0.3 is 12.4 Å². The Hall–Kier alpha value is -4.68. The van der Waals surface area contributed by atoms with E-state index < -0.39 is 29.5 Å². The van der Waals surface area contributed by atoms with E-state index in [1.807, 2.05) is 26.0 Å². The average Bonchev–Trinajstić information content (AvgIpc) is 3.54. The third-order valence-electron chi connectivity index (χ3n) is 6.31.